The Labute approximate surface area is 190 Å². The fraction of sp³-hybridized carbons (Fsp3) is 0.296. The number of ether oxygens (including phenoxy) is 1. The van der Waals surface area contributed by atoms with Gasteiger partial charge in [0.25, 0.3) is 5.91 Å². The van der Waals surface area contributed by atoms with Crippen LogP contribution in [-0.2, 0) is 4.79 Å². The molecule has 3 aromatic rings. The van der Waals surface area contributed by atoms with Crippen molar-refractivity contribution in [3.8, 4) is 5.75 Å². The smallest absolute Gasteiger partial charge is 0.287 e. The molecule has 0 spiro atoms. The zero-order valence-corrected chi connectivity index (χ0v) is 19.1. The van der Waals surface area contributed by atoms with Crippen molar-refractivity contribution < 1.29 is 14.4 Å². The number of rotatable bonds is 6. The van der Waals surface area contributed by atoms with Crippen molar-refractivity contribution in [3.63, 3.8) is 0 Å². The summed E-state index contributed by atoms with van der Waals surface area (Å²) in [5, 5.41) is 3.21. The molecule has 4 rings (SSSR count). The molecule has 0 saturated carbocycles. The summed E-state index contributed by atoms with van der Waals surface area (Å²) >= 11 is 0. The summed E-state index contributed by atoms with van der Waals surface area (Å²) < 4.78 is 5.56. The molecule has 1 atom stereocenters. The van der Waals surface area contributed by atoms with Gasteiger partial charge in [-0.15, -0.1) is 0 Å². The third-order valence-corrected chi connectivity index (χ3v) is 6.29. The van der Waals surface area contributed by atoms with E-state index in [-0.39, 0.29) is 11.9 Å². The lowest BCUT2D eigenvalue weighted by Crippen LogP contribution is -3.16. The second-order valence-corrected chi connectivity index (χ2v) is 8.47. The molecule has 1 amide bonds. The molecule has 2 N–H and O–H groups in total. The first-order valence-electron chi connectivity index (χ1n) is 11.2. The van der Waals surface area contributed by atoms with E-state index in [1.54, 1.807) is 7.11 Å². The van der Waals surface area contributed by atoms with Gasteiger partial charge in [0.2, 0.25) is 0 Å². The summed E-state index contributed by atoms with van der Waals surface area (Å²) in [7, 11) is 1.71. The second kappa shape index (κ2) is 9.88. The predicted octanol–water partition coefficient (Wildman–Crippen LogP) is 3.40. The minimum Gasteiger partial charge on any atom is -0.495 e. The number of benzene rings is 3. The lowest BCUT2D eigenvalue weighted by molar-refractivity contribution is -0.922. The van der Waals surface area contributed by atoms with Crippen LogP contribution in [0.3, 0.4) is 0 Å². The number of anilines is 2. The van der Waals surface area contributed by atoms with Crippen LogP contribution in [0.2, 0.25) is 0 Å². The Balaban J connectivity index is 1.54. The second-order valence-electron chi connectivity index (χ2n) is 8.47. The van der Waals surface area contributed by atoms with Crippen LogP contribution in [0.4, 0.5) is 11.4 Å². The molecule has 1 heterocycles. The van der Waals surface area contributed by atoms with Crippen molar-refractivity contribution in [2.24, 2.45) is 0 Å². The van der Waals surface area contributed by atoms with Gasteiger partial charge in [-0.2, -0.15) is 0 Å². The van der Waals surface area contributed by atoms with Crippen LogP contribution in [-0.4, -0.2) is 39.2 Å². The van der Waals surface area contributed by atoms with Crippen LogP contribution in [0.5, 0.6) is 5.75 Å². The van der Waals surface area contributed by atoms with Gasteiger partial charge >= 0.3 is 0 Å². The van der Waals surface area contributed by atoms with Gasteiger partial charge in [0, 0.05) is 11.3 Å². The summed E-state index contributed by atoms with van der Waals surface area (Å²) in [6.45, 7) is 7.57. The van der Waals surface area contributed by atoms with E-state index in [9.17, 15) is 4.79 Å². The lowest BCUT2D eigenvalue weighted by Gasteiger charge is -2.37. The van der Waals surface area contributed by atoms with E-state index in [1.165, 1.54) is 4.90 Å². The number of amides is 1. The van der Waals surface area contributed by atoms with E-state index >= 15 is 0 Å². The average Bonchev–Trinajstić information content (AvgIpc) is 2.83. The monoisotopic (exact) mass is 430 g/mol. The van der Waals surface area contributed by atoms with Crippen LogP contribution in [0.15, 0.2) is 72.8 Å². The number of aryl methyl sites for hydroxylation is 2. The van der Waals surface area contributed by atoms with Crippen molar-refractivity contribution in [2.45, 2.75) is 19.9 Å². The van der Waals surface area contributed by atoms with E-state index in [1.807, 2.05) is 56.3 Å². The number of methoxy groups -OCH3 is 1. The topological polar surface area (TPSA) is 46.0 Å². The van der Waals surface area contributed by atoms with Crippen molar-refractivity contribution >= 4 is 17.3 Å². The Hall–Kier alpha value is -3.31. The number of carbonyl (C=O) groups is 1. The highest BCUT2D eigenvalue weighted by atomic mass is 16.5. The van der Waals surface area contributed by atoms with Gasteiger partial charge in [-0.3, -0.25) is 4.79 Å². The molecule has 3 aromatic carbocycles. The highest BCUT2D eigenvalue weighted by Gasteiger charge is 2.35. The number of nitrogens with one attached hydrogen (secondary N) is 2. The third-order valence-electron chi connectivity index (χ3n) is 6.29. The van der Waals surface area contributed by atoms with E-state index in [0.717, 1.165) is 60.0 Å². The average molecular weight is 431 g/mol. The normalized spacial score (nSPS) is 15.3. The maximum atomic E-state index is 13.6. The molecule has 32 heavy (non-hydrogen) atoms. The largest absolute Gasteiger partial charge is 0.495 e. The Bertz CT molecular complexity index is 1060. The highest BCUT2D eigenvalue weighted by Crippen LogP contribution is 2.27. The number of hydrogen-bond acceptors (Lipinski definition) is 3. The number of piperazine rings is 1. The summed E-state index contributed by atoms with van der Waals surface area (Å²) in [6, 6.07) is 24.2. The van der Waals surface area contributed by atoms with Crippen molar-refractivity contribution in [1.29, 1.82) is 0 Å². The van der Waals surface area contributed by atoms with Gasteiger partial charge in [0.15, 0.2) is 6.04 Å². The molecule has 5 nitrogen and oxygen atoms in total. The third kappa shape index (κ3) is 4.78. The van der Waals surface area contributed by atoms with E-state index < -0.39 is 0 Å². The lowest BCUT2D eigenvalue weighted by atomic mass is 10.0. The molecule has 1 fully saturated rings. The van der Waals surface area contributed by atoms with Crippen molar-refractivity contribution in [2.75, 3.05) is 43.5 Å². The first-order chi connectivity index (χ1) is 15.6. The highest BCUT2D eigenvalue weighted by molar-refractivity contribution is 5.95. The van der Waals surface area contributed by atoms with E-state index in [2.05, 4.69) is 40.5 Å². The molecular formula is C27H32N3O2+. The minimum absolute atomic E-state index is 0.0469. The summed E-state index contributed by atoms with van der Waals surface area (Å²) in [5.74, 6) is 0.939. The number of nitrogens with zero attached hydrogens (tertiary/aromatic N) is 1. The minimum atomic E-state index is -0.254. The Morgan fingerprint density at radius 2 is 1.66 bits per heavy atom. The molecule has 1 aliphatic heterocycles. The first-order valence-corrected chi connectivity index (χ1v) is 11.2. The van der Waals surface area contributed by atoms with Gasteiger partial charge in [-0.25, -0.2) is 0 Å². The van der Waals surface area contributed by atoms with Crippen LogP contribution >= 0.6 is 0 Å². The summed E-state index contributed by atoms with van der Waals surface area (Å²) in [5.41, 5.74) is 5.27. The molecular weight excluding hydrogens is 398 g/mol. The van der Waals surface area contributed by atoms with Crippen LogP contribution in [0.1, 0.15) is 22.7 Å². The zero-order valence-electron chi connectivity index (χ0n) is 19.1. The van der Waals surface area contributed by atoms with Gasteiger partial charge in [0.1, 0.15) is 5.75 Å². The Morgan fingerprint density at radius 1 is 0.969 bits per heavy atom. The molecule has 1 aliphatic rings. The number of hydrogen-bond donors (Lipinski definition) is 2. The standard InChI is InChI=1S/C27H31N3O2/c1-20-13-14-21(2)23(19-20)28-27(31)26(22-9-5-4-6-10-22)30-17-15-29(16-18-30)24-11-7-8-12-25(24)32-3/h4-14,19,26H,15-18H2,1-3H3,(H,28,31)/p+1/t26-/m1/s1. The molecule has 5 heteroatoms. The summed E-state index contributed by atoms with van der Waals surface area (Å²) in [6.07, 6.45) is 0. The molecule has 0 aliphatic carbocycles. The Kier molecular flexibility index (Phi) is 6.76. The van der Waals surface area contributed by atoms with Gasteiger partial charge in [0.05, 0.1) is 39.0 Å². The van der Waals surface area contributed by atoms with Crippen LogP contribution < -0.4 is 19.9 Å². The van der Waals surface area contributed by atoms with E-state index in [4.69, 9.17) is 4.74 Å². The molecule has 0 radical (unpaired) electrons. The first kappa shape index (κ1) is 21.9. The maximum Gasteiger partial charge on any atom is 0.287 e. The number of para-hydroxylation sites is 2. The maximum absolute atomic E-state index is 13.6. The predicted molar refractivity (Wildman–Crippen MR) is 130 cm³/mol. The zero-order chi connectivity index (χ0) is 22.5. The summed E-state index contributed by atoms with van der Waals surface area (Å²) in [4.78, 5) is 17.2. The Morgan fingerprint density at radius 3 is 2.38 bits per heavy atom. The van der Waals surface area contributed by atoms with Gasteiger partial charge in [-0.1, -0.05) is 54.6 Å². The molecule has 0 bridgehead atoms. The molecule has 0 aromatic heterocycles. The molecule has 166 valence electrons. The van der Waals surface area contributed by atoms with Crippen molar-refractivity contribution in [3.05, 3.63) is 89.5 Å². The fourth-order valence-corrected chi connectivity index (χ4v) is 4.51. The van der Waals surface area contributed by atoms with Crippen LogP contribution in [0.25, 0.3) is 0 Å². The van der Waals surface area contributed by atoms with E-state index in [0.29, 0.717) is 0 Å². The quantitative estimate of drug-likeness (QED) is 0.630. The molecule has 0 unspecified atom stereocenters. The van der Waals surface area contributed by atoms with Crippen LogP contribution in [0, 0.1) is 13.8 Å². The number of quaternary nitrogens is 1. The van der Waals surface area contributed by atoms with Crippen molar-refractivity contribution in [1.82, 2.24) is 0 Å². The molecule has 1 saturated heterocycles. The van der Waals surface area contributed by atoms with Gasteiger partial charge in [-0.05, 0) is 43.2 Å². The SMILES string of the molecule is COc1ccccc1N1CC[NH+]([C@@H](C(=O)Nc2cc(C)ccc2C)c2ccccc2)CC1. The fourth-order valence-electron chi connectivity index (χ4n) is 4.51. The number of carbonyl (C=O) groups excluding carboxylic acids is 1. The van der Waals surface area contributed by atoms with Gasteiger partial charge < -0.3 is 19.9 Å².